The molecule has 0 aromatic heterocycles. The highest BCUT2D eigenvalue weighted by Crippen LogP contribution is 2.35. The molecule has 3 rings (SSSR count). The van der Waals surface area contributed by atoms with E-state index in [9.17, 15) is 9.59 Å². The van der Waals surface area contributed by atoms with E-state index in [0.717, 1.165) is 5.56 Å². The van der Waals surface area contributed by atoms with E-state index in [1.807, 2.05) is 25.1 Å². The summed E-state index contributed by atoms with van der Waals surface area (Å²) in [6.07, 6.45) is 2.31. The molecule has 0 atom stereocenters. The fraction of sp³-hybridized carbons (Fsp3) is 0.238. The van der Waals surface area contributed by atoms with Crippen LogP contribution in [0, 0.1) is 0 Å². The number of carbonyl (C=O) groups excluding carboxylic acids is 2. The molecule has 2 aromatic carbocycles. The van der Waals surface area contributed by atoms with Crippen LogP contribution in [0.15, 0.2) is 46.6 Å². The number of benzene rings is 2. The van der Waals surface area contributed by atoms with Gasteiger partial charge in [0, 0.05) is 21.6 Å². The second kappa shape index (κ2) is 9.33. The minimum atomic E-state index is -0.411. The fourth-order valence-electron chi connectivity index (χ4n) is 2.86. The third-order valence-electron chi connectivity index (χ3n) is 4.33. The van der Waals surface area contributed by atoms with Gasteiger partial charge in [-0.15, -0.1) is 0 Å². The molecule has 0 unspecified atom stereocenters. The lowest BCUT2D eigenvalue weighted by Gasteiger charge is -2.13. The third kappa shape index (κ3) is 4.74. The zero-order valence-corrected chi connectivity index (χ0v) is 18.3. The van der Waals surface area contributed by atoms with E-state index in [-0.39, 0.29) is 18.2 Å². The molecule has 1 saturated heterocycles. The molecular formula is C21H20BrClN2O4. The zero-order chi connectivity index (χ0) is 21.0. The maximum Gasteiger partial charge on any atom is 0.329 e. The monoisotopic (exact) mass is 478 g/mol. The molecule has 6 nitrogen and oxygen atoms in total. The average Bonchev–Trinajstić information content (AvgIpc) is 2.96. The molecule has 1 aliphatic rings. The van der Waals surface area contributed by atoms with Gasteiger partial charge in [-0.2, -0.15) is 0 Å². The van der Waals surface area contributed by atoms with E-state index in [1.54, 1.807) is 24.3 Å². The van der Waals surface area contributed by atoms with E-state index >= 15 is 0 Å². The van der Waals surface area contributed by atoms with E-state index < -0.39 is 6.03 Å². The van der Waals surface area contributed by atoms with Crippen LogP contribution in [0.1, 0.15) is 24.5 Å². The Balaban J connectivity index is 1.84. The zero-order valence-electron chi connectivity index (χ0n) is 16.0. The third-order valence-corrected chi connectivity index (χ3v) is 5.39. The van der Waals surface area contributed by atoms with Gasteiger partial charge >= 0.3 is 6.03 Å². The summed E-state index contributed by atoms with van der Waals surface area (Å²) in [5.74, 6) is 0.673. The van der Waals surface area contributed by atoms with Crippen molar-refractivity contribution in [2.75, 3.05) is 13.7 Å². The summed E-state index contributed by atoms with van der Waals surface area (Å²) in [5.41, 5.74) is 1.75. The first-order valence-electron chi connectivity index (χ1n) is 9.02. The summed E-state index contributed by atoms with van der Waals surface area (Å²) in [4.78, 5) is 25.6. The largest absolute Gasteiger partial charge is 0.493 e. The summed E-state index contributed by atoms with van der Waals surface area (Å²) in [6.45, 7) is 2.57. The van der Waals surface area contributed by atoms with Gasteiger partial charge in [0.25, 0.3) is 5.91 Å². The molecule has 1 heterocycles. The van der Waals surface area contributed by atoms with E-state index in [1.165, 1.54) is 12.0 Å². The maximum atomic E-state index is 12.4. The number of rotatable bonds is 7. The molecule has 3 amide bonds. The molecule has 0 radical (unpaired) electrons. The lowest BCUT2D eigenvalue weighted by atomic mass is 10.1. The molecular weight excluding hydrogens is 460 g/mol. The highest BCUT2D eigenvalue weighted by atomic mass is 79.9. The summed E-state index contributed by atoms with van der Waals surface area (Å²) in [6, 6.07) is 10.5. The molecule has 2 aromatic rings. The maximum absolute atomic E-state index is 12.4. The van der Waals surface area contributed by atoms with Crippen molar-refractivity contribution in [1.82, 2.24) is 10.2 Å². The van der Waals surface area contributed by atoms with Gasteiger partial charge < -0.3 is 14.8 Å². The first-order valence-corrected chi connectivity index (χ1v) is 10.2. The van der Waals surface area contributed by atoms with Crippen LogP contribution in [0.2, 0.25) is 5.02 Å². The summed E-state index contributed by atoms with van der Waals surface area (Å²) in [5, 5.41) is 3.23. The molecule has 152 valence electrons. The Bertz CT molecular complexity index is 977. The number of ether oxygens (including phenoxy) is 2. The average molecular weight is 480 g/mol. The number of amides is 3. The topological polar surface area (TPSA) is 67.9 Å². The number of hydrogen-bond donors (Lipinski definition) is 1. The Hall–Kier alpha value is -2.51. The number of urea groups is 1. The number of nitrogens with one attached hydrogen (secondary N) is 1. The van der Waals surface area contributed by atoms with E-state index in [4.69, 9.17) is 21.1 Å². The minimum Gasteiger partial charge on any atom is -0.493 e. The Morgan fingerprint density at radius 1 is 1.21 bits per heavy atom. The van der Waals surface area contributed by atoms with Gasteiger partial charge in [0.15, 0.2) is 11.5 Å². The predicted octanol–water partition coefficient (Wildman–Crippen LogP) is 4.99. The van der Waals surface area contributed by atoms with Gasteiger partial charge in [-0.05, 0) is 36.3 Å². The van der Waals surface area contributed by atoms with Crippen molar-refractivity contribution in [2.24, 2.45) is 0 Å². The van der Waals surface area contributed by atoms with Crippen molar-refractivity contribution >= 4 is 45.5 Å². The van der Waals surface area contributed by atoms with Crippen LogP contribution in [0.4, 0.5) is 4.79 Å². The van der Waals surface area contributed by atoms with Crippen molar-refractivity contribution in [3.8, 4) is 11.5 Å². The van der Waals surface area contributed by atoms with Crippen LogP contribution in [-0.2, 0) is 11.4 Å². The molecule has 1 aliphatic heterocycles. The smallest absolute Gasteiger partial charge is 0.329 e. The Labute approximate surface area is 182 Å². The SMILES string of the molecule is CCCN1C(=O)N/C(=C/c2cc(OC)c(OCc3ccccc3Cl)cc2Br)C1=O. The van der Waals surface area contributed by atoms with Gasteiger partial charge in [0.1, 0.15) is 12.3 Å². The van der Waals surface area contributed by atoms with Gasteiger partial charge in [0.05, 0.1) is 7.11 Å². The van der Waals surface area contributed by atoms with Crippen molar-refractivity contribution in [1.29, 1.82) is 0 Å². The van der Waals surface area contributed by atoms with Crippen LogP contribution in [0.5, 0.6) is 11.5 Å². The van der Waals surface area contributed by atoms with Crippen LogP contribution in [0.25, 0.3) is 6.08 Å². The van der Waals surface area contributed by atoms with E-state index in [2.05, 4.69) is 21.2 Å². The number of methoxy groups -OCH3 is 1. The number of carbonyl (C=O) groups is 2. The van der Waals surface area contributed by atoms with Crippen molar-refractivity contribution in [3.05, 3.63) is 62.7 Å². The lowest BCUT2D eigenvalue weighted by Crippen LogP contribution is -2.31. The number of hydrogen-bond acceptors (Lipinski definition) is 4. The number of halogens is 2. The molecule has 8 heteroatoms. The van der Waals surface area contributed by atoms with Crippen molar-refractivity contribution in [3.63, 3.8) is 0 Å². The molecule has 0 bridgehead atoms. The summed E-state index contributed by atoms with van der Waals surface area (Å²) in [7, 11) is 1.54. The molecule has 0 saturated carbocycles. The highest BCUT2D eigenvalue weighted by Gasteiger charge is 2.32. The Morgan fingerprint density at radius 2 is 1.97 bits per heavy atom. The highest BCUT2D eigenvalue weighted by molar-refractivity contribution is 9.10. The van der Waals surface area contributed by atoms with Gasteiger partial charge in [-0.1, -0.05) is 52.7 Å². The second-order valence-electron chi connectivity index (χ2n) is 6.35. The van der Waals surface area contributed by atoms with Crippen LogP contribution >= 0.6 is 27.5 Å². The quantitative estimate of drug-likeness (QED) is 0.449. The fourth-order valence-corrected chi connectivity index (χ4v) is 3.49. The molecule has 29 heavy (non-hydrogen) atoms. The van der Waals surface area contributed by atoms with Crippen molar-refractivity contribution < 1.29 is 19.1 Å². The van der Waals surface area contributed by atoms with Crippen LogP contribution in [-0.4, -0.2) is 30.5 Å². The molecule has 0 spiro atoms. The van der Waals surface area contributed by atoms with Crippen LogP contribution in [0.3, 0.4) is 0 Å². The van der Waals surface area contributed by atoms with Crippen LogP contribution < -0.4 is 14.8 Å². The Morgan fingerprint density at radius 3 is 2.66 bits per heavy atom. The molecule has 1 N–H and O–H groups in total. The minimum absolute atomic E-state index is 0.218. The Kier molecular flexibility index (Phi) is 6.82. The standard InChI is InChI=1S/C21H20BrClN2O4/c1-3-8-25-20(26)17(24-21(25)27)9-14-10-18(28-2)19(11-15(14)22)29-12-13-6-4-5-7-16(13)23/h4-7,9-11H,3,8,12H2,1-2H3,(H,24,27)/b17-9+. The van der Waals surface area contributed by atoms with Gasteiger partial charge in [0.2, 0.25) is 0 Å². The normalized spacial score (nSPS) is 15.0. The van der Waals surface area contributed by atoms with E-state index in [0.29, 0.717) is 39.5 Å². The first-order chi connectivity index (χ1) is 13.9. The lowest BCUT2D eigenvalue weighted by molar-refractivity contribution is -0.122. The molecule has 0 aliphatic carbocycles. The van der Waals surface area contributed by atoms with Crippen molar-refractivity contribution in [2.45, 2.75) is 20.0 Å². The molecule has 1 fully saturated rings. The number of nitrogens with zero attached hydrogens (tertiary/aromatic N) is 1. The summed E-state index contributed by atoms with van der Waals surface area (Å²) >= 11 is 9.67. The van der Waals surface area contributed by atoms with Gasteiger partial charge in [-0.3, -0.25) is 9.69 Å². The second-order valence-corrected chi connectivity index (χ2v) is 7.61. The van der Waals surface area contributed by atoms with Gasteiger partial charge in [-0.25, -0.2) is 4.79 Å². The number of imide groups is 1. The predicted molar refractivity (Wildman–Crippen MR) is 115 cm³/mol. The first kappa shape index (κ1) is 21.2. The summed E-state index contributed by atoms with van der Waals surface area (Å²) < 4.78 is 12.0.